The van der Waals surface area contributed by atoms with Crippen molar-refractivity contribution < 1.29 is 30.7 Å². The van der Waals surface area contributed by atoms with Crippen molar-refractivity contribution in [2.45, 2.75) is 97.1 Å². The second-order valence-electron chi connectivity index (χ2n) is 12.5. The minimum atomic E-state index is -4.91. The van der Waals surface area contributed by atoms with E-state index in [4.69, 9.17) is 0 Å². The Labute approximate surface area is 250 Å². The zero-order valence-corrected chi connectivity index (χ0v) is 25.7. The maximum Gasteiger partial charge on any atom is 0.416 e. The molecule has 236 valence electrons. The molecule has 2 unspecified atom stereocenters. The SMILES string of the molecule is C=C1CC(c2cc(C(F)(F)F)cc(C(F)(F)F)c2)C(C)N1CC1=C(c2cc(C(C)C)c(F)cc2CC)CCN(C(C)C)C1. The highest BCUT2D eigenvalue weighted by Gasteiger charge is 2.41. The van der Waals surface area contributed by atoms with Gasteiger partial charge in [0, 0.05) is 43.3 Å². The van der Waals surface area contributed by atoms with Gasteiger partial charge in [0.05, 0.1) is 11.1 Å². The largest absolute Gasteiger partial charge is 0.416 e. The van der Waals surface area contributed by atoms with Crippen molar-refractivity contribution in [3.8, 4) is 0 Å². The fraction of sp³-hybridized carbons (Fsp3) is 0.529. The van der Waals surface area contributed by atoms with Crippen LogP contribution in [0.25, 0.3) is 5.57 Å². The average Bonchev–Trinajstić information content (AvgIpc) is 3.19. The second kappa shape index (κ2) is 12.3. The van der Waals surface area contributed by atoms with Crippen molar-refractivity contribution in [2.75, 3.05) is 19.6 Å². The molecule has 0 spiro atoms. The van der Waals surface area contributed by atoms with Crippen LogP contribution in [-0.2, 0) is 18.8 Å². The summed E-state index contributed by atoms with van der Waals surface area (Å²) in [5.41, 5.74) is 2.92. The van der Waals surface area contributed by atoms with E-state index in [1.807, 2.05) is 38.7 Å². The lowest BCUT2D eigenvalue weighted by Gasteiger charge is -2.37. The number of likely N-dealkylation sites (tertiary alicyclic amines) is 1. The van der Waals surface area contributed by atoms with E-state index in [0.29, 0.717) is 30.8 Å². The van der Waals surface area contributed by atoms with Crippen molar-refractivity contribution in [3.63, 3.8) is 0 Å². The molecule has 4 rings (SSSR count). The molecule has 0 bridgehead atoms. The molecule has 2 atom stereocenters. The van der Waals surface area contributed by atoms with Crippen LogP contribution < -0.4 is 0 Å². The Morgan fingerprint density at radius 2 is 1.53 bits per heavy atom. The number of aryl methyl sites for hydroxylation is 1. The molecule has 2 heterocycles. The molecule has 2 aromatic carbocycles. The van der Waals surface area contributed by atoms with E-state index in [0.717, 1.165) is 47.4 Å². The predicted octanol–water partition coefficient (Wildman–Crippen LogP) is 9.81. The Kier molecular flexibility index (Phi) is 9.46. The zero-order valence-electron chi connectivity index (χ0n) is 25.7. The van der Waals surface area contributed by atoms with Gasteiger partial charge < -0.3 is 4.90 Å². The average molecular weight is 611 g/mol. The Balaban J connectivity index is 1.76. The van der Waals surface area contributed by atoms with Gasteiger partial charge in [-0.2, -0.15) is 26.3 Å². The van der Waals surface area contributed by atoms with Gasteiger partial charge in [0.2, 0.25) is 0 Å². The standard InChI is InChI=1S/C34H41F7N2/c1-8-23-14-32(35)29(19(2)3)16-31(23)28-9-10-42(20(4)5)17-25(28)18-43-21(6)11-30(22(43)7)24-12-26(33(36,37)38)15-27(13-24)34(39,40)41/h12-16,19-20,22,30H,6,8-11,17-18H2,1-5,7H3. The van der Waals surface area contributed by atoms with Crippen molar-refractivity contribution in [1.29, 1.82) is 0 Å². The fourth-order valence-electron chi connectivity index (χ4n) is 6.51. The van der Waals surface area contributed by atoms with Crippen LogP contribution in [0.3, 0.4) is 0 Å². The molecule has 0 saturated carbocycles. The molecule has 0 aliphatic carbocycles. The molecule has 43 heavy (non-hydrogen) atoms. The molecular formula is C34H41F7N2. The molecule has 1 fully saturated rings. The summed E-state index contributed by atoms with van der Waals surface area (Å²) in [5, 5.41) is 0. The highest BCUT2D eigenvalue weighted by molar-refractivity contribution is 5.73. The summed E-state index contributed by atoms with van der Waals surface area (Å²) in [6.07, 6.45) is -8.15. The summed E-state index contributed by atoms with van der Waals surface area (Å²) in [5.74, 6) is -0.812. The molecule has 2 aliphatic heterocycles. The number of nitrogens with zero attached hydrogens (tertiary/aromatic N) is 2. The Hall–Kier alpha value is -2.81. The van der Waals surface area contributed by atoms with Crippen LogP contribution in [0.5, 0.6) is 0 Å². The summed E-state index contributed by atoms with van der Waals surface area (Å²) in [6, 6.07) is 5.35. The number of hydrogen-bond donors (Lipinski definition) is 0. The lowest BCUT2D eigenvalue weighted by atomic mass is 9.85. The van der Waals surface area contributed by atoms with E-state index in [9.17, 15) is 30.7 Å². The van der Waals surface area contributed by atoms with Gasteiger partial charge in [0.1, 0.15) is 5.82 Å². The van der Waals surface area contributed by atoms with Crippen molar-refractivity contribution in [3.05, 3.63) is 87.4 Å². The minimum Gasteiger partial charge on any atom is -0.368 e. The maximum absolute atomic E-state index is 15.0. The monoisotopic (exact) mass is 610 g/mol. The van der Waals surface area contributed by atoms with Crippen molar-refractivity contribution in [2.24, 2.45) is 0 Å². The molecule has 2 aliphatic rings. The second-order valence-corrected chi connectivity index (χ2v) is 12.5. The van der Waals surface area contributed by atoms with Crippen LogP contribution in [0.1, 0.15) is 99.6 Å². The number of hydrogen-bond acceptors (Lipinski definition) is 2. The first-order valence-electron chi connectivity index (χ1n) is 14.9. The van der Waals surface area contributed by atoms with E-state index in [-0.39, 0.29) is 41.9 Å². The van der Waals surface area contributed by atoms with Crippen molar-refractivity contribution >= 4 is 5.57 Å². The van der Waals surface area contributed by atoms with E-state index in [1.54, 1.807) is 6.07 Å². The van der Waals surface area contributed by atoms with Gasteiger partial charge in [-0.1, -0.05) is 27.4 Å². The smallest absolute Gasteiger partial charge is 0.368 e. The summed E-state index contributed by atoms with van der Waals surface area (Å²) < 4.78 is 96.7. The Bertz CT molecular complexity index is 1350. The topological polar surface area (TPSA) is 6.48 Å². The molecular weight excluding hydrogens is 569 g/mol. The molecule has 0 aromatic heterocycles. The van der Waals surface area contributed by atoms with Gasteiger partial charge in [0.15, 0.2) is 0 Å². The summed E-state index contributed by atoms with van der Waals surface area (Å²) in [7, 11) is 0. The number of halogens is 7. The molecule has 2 nitrogen and oxygen atoms in total. The summed E-state index contributed by atoms with van der Waals surface area (Å²) in [6.45, 7) is 18.1. The van der Waals surface area contributed by atoms with Gasteiger partial charge in [-0.05, 0) is 110 Å². The highest BCUT2D eigenvalue weighted by Crippen LogP contribution is 2.44. The third kappa shape index (κ3) is 6.97. The van der Waals surface area contributed by atoms with Gasteiger partial charge >= 0.3 is 12.4 Å². The van der Waals surface area contributed by atoms with Crippen LogP contribution in [0, 0.1) is 5.82 Å². The molecule has 1 saturated heterocycles. The Morgan fingerprint density at radius 1 is 0.930 bits per heavy atom. The highest BCUT2D eigenvalue weighted by atomic mass is 19.4. The quantitative estimate of drug-likeness (QED) is 0.288. The predicted molar refractivity (Wildman–Crippen MR) is 157 cm³/mol. The number of allylic oxidation sites excluding steroid dienone is 1. The van der Waals surface area contributed by atoms with Crippen LogP contribution >= 0.6 is 0 Å². The van der Waals surface area contributed by atoms with Crippen LogP contribution in [0.15, 0.2) is 48.2 Å². The maximum atomic E-state index is 15.0. The van der Waals surface area contributed by atoms with Gasteiger partial charge in [-0.15, -0.1) is 0 Å². The summed E-state index contributed by atoms with van der Waals surface area (Å²) >= 11 is 0. The van der Waals surface area contributed by atoms with E-state index in [1.165, 1.54) is 0 Å². The third-order valence-electron chi connectivity index (χ3n) is 9.09. The first kappa shape index (κ1) is 33.1. The van der Waals surface area contributed by atoms with Crippen LogP contribution in [0.2, 0.25) is 0 Å². The molecule has 9 heteroatoms. The van der Waals surface area contributed by atoms with E-state index >= 15 is 0 Å². The van der Waals surface area contributed by atoms with E-state index in [2.05, 4.69) is 25.3 Å². The van der Waals surface area contributed by atoms with Crippen LogP contribution in [0.4, 0.5) is 30.7 Å². The lowest BCUT2D eigenvalue weighted by molar-refractivity contribution is -0.143. The minimum absolute atomic E-state index is 0.00218. The van der Waals surface area contributed by atoms with Gasteiger partial charge in [0.25, 0.3) is 0 Å². The number of rotatable bonds is 7. The molecule has 0 N–H and O–H groups in total. The zero-order chi connectivity index (χ0) is 32.0. The van der Waals surface area contributed by atoms with Crippen molar-refractivity contribution in [1.82, 2.24) is 9.80 Å². The first-order valence-corrected chi connectivity index (χ1v) is 14.9. The van der Waals surface area contributed by atoms with Gasteiger partial charge in [-0.3, -0.25) is 4.90 Å². The van der Waals surface area contributed by atoms with Crippen LogP contribution in [-0.4, -0.2) is 41.5 Å². The Morgan fingerprint density at radius 3 is 2.05 bits per heavy atom. The summed E-state index contributed by atoms with van der Waals surface area (Å²) in [4.78, 5) is 4.37. The first-order chi connectivity index (χ1) is 19.9. The number of alkyl halides is 6. The van der Waals surface area contributed by atoms with Gasteiger partial charge in [-0.25, -0.2) is 4.39 Å². The molecule has 2 aromatic rings. The normalized spacial score (nSPS) is 20.7. The molecule has 0 radical (unpaired) electrons. The van der Waals surface area contributed by atoms with E-state index < -0.39 is 29.4 Å². The number of benzene rings is 2. The third-order valence-corrected chi connectivity index (χ3v) is 9.09. The lowest BCUT2D eigenvalue weighted by Crippen LogP contribution is -2.40. The fourth-order valence-corrected chi connectivity index (χ4v) is 6.51. The molecule has 0 amide bonds.